The van der Waals surface area contributed by atoms with Crippen LogP contribution >= 0.6 is 15.9 Å². The van der Waals surface area contributed by atoms with E-state index in [0.717, 1.165) is 0 Å². The average Bonchev–Trinajstić information content (AvgIpc) is 2.60. The molecular formula is C18H14BrNO3. The van der Waals surface area contributed by atoms with Crippen LogP contribution in [0.2, 0.25) is 0 Å². The number of allylic oxidation sites excluding steroid dienone is 1. The Labute approximate surface area is 143 Å². The predicted molar refractivity (Wildman–Crippen MR) is 91.6 cm³/mol. The van der Waals surface area contributed by atoms with Gasteiger partial charge in [0.1, 0.15) is 11.6 Å². The van der Waals surface area contributed by atoms with Gasteiger partial charge in [0.2, 0.25) is 5.78 Å². The number of halogens is 1. The Kier molecular flexibility index (Phi) is 5.56. The maximum atomic E-state index is 12.4. The summed E-state index contributed by atoms with van der Waals surface area (Å²) in [6.45, 7) is 0. The maximum Gasteiger partial charge on any atom is 0.203 e. The van der Waals surface area contributed by atoms with Gasteiger partial charge in [-0.15, -0.1) is 0 Å². The van der Waals surface area contributed by atoms with Crippen LogP contribution in [0.25, 0.3) is 6.08 Å². The monoisotopic (exact) mass is 371 g/mol. The number of nitriles is 1. The van der Waals surface area contributed by atoms with Gasteiger partial charge in [-0.3, -0.25) is 4.79 Å². The van der Waals surface area contributed by atoms with Gasteiger partial charge in [0.15, 0.2) is 11.5 Å². The molecule has 0 aliphatic rings. The van der Waals surface area contributed by atoms with Gasteiger partial charge in [0, 0.05) is 10.0 Å². The summed E-state index contributed by atoms with van der Waals surface area (Å²) in [6, 6.07) is 14.1. The van der Waals surface area contributed by atoms with E-state index in [2.05, 4.69) is 15.9 Å². The van der Waals surface area contributed by atoms with Crippen molar-refractivity contribution in [3.63, 3.8) is 0 Å². The first-order valence-corrected chi connectivity index (χ1v) is 7.53. The molecule has 0 unspecified atom stereocenters. The van der Waals surface area contributed by atoms with Crippen molar-refractivity contribution in [2.75, 3.05) is 14.2 Å². The smallest absolute Gasteiger partial charge is 0.203 e. The molecule has 4 nitrogen and oxygen atoms in total. The number of benzene rings is 2. The van der Waals surface area contributed by atoms with Gasteiger partial charge < -0.3 is 9.47 Å². The average molecular weight is 372 g/mol. The predicted octanol–water partition coefficient (Wildman–Crippen LogP) is 4.26. The van der Waals surface area contributed by atoms with E-state index in [0.29, 0.717) is 27.1 Å². The summed E-state index contributed by atoms with van der Waals surface area (Å²) in [5, 5.41) is 9.33. The van der Waals surface area contributed by atoms with Crippen molar-refractivity contribution in [1.82, 2.24) is 0 Å². The first-order chi connectivity index (χ1) is 11.1. The zero-order valence-electron chi connectivity index (χ0n) is 12.7. The van der Waals surface area contributed by atoms with E-state index in [4.69, 9.17) is 9.47 Å². The lowest BCUT2D eigenvalue weighted by Gasteiger charge is -2.10. The second-order valence-corrected chi connectivity index (χ2v) is 5.45. The van der Waals surface area contributed by atoms with Crippen LogP contribution in [0.4, 0.5) is 0 Å². The fraction of sp³-hybridized carbons (Fsp3) is 0.111. The van der Waals surface area contributed by atoms with Crippen molar-refractivity contribution in [2.45, 2.75) is 0 Å². The summed E-state index contributed by atoms with van der Waals surface area (Å²) in [6.07, 6.45) is 1.53. The lowest BCUT2D eigenvalue weighted by molar-refractivity contribution is 0.104. The van der Waals surface area contributed by atoms with Crippen LogP contribution < -0.4 is 9.47 Å². The van der Waals surface area contributed by atoms with Crippen LogP contribution in [0, 0.1) is 11.3 Å². The Morgan fingerprint density at radius 2 is 1.74 bits per heavy atom. The number of ether oxygens (including phenoxy) is 2. The number of Topliss-reactive ketones (excluding diaryl/α,β-unsaturated/α-hetero) is 1. The van der Waals surface area contributed by atoms with Gasteiger partial charge in [-0.2, -0.15) is 5.26 Å². The number of carbonyl (C=O) groups excluding carboxylic acids is 1. The molecule has 23 heavy (non-hydrogen) atoms. The van der Waals surface area contributed by atoms with Crippen LogP contribution in [0.3, 0.4) is 0 Å². The Balaban J connectivity index is 2.47. The van der Waals surface area contributed by atoms with Gasteiger partial charge in [-0.25, -0.2) is 0 Å². The number of nitrogens with zero attached hydrogens (tertiary/aromatic N) is 1. The Bertz CT molecular complexity index is 792. The molecule has 0 spiro atoms. The molecule has 0 atom stereocenters. The molecule has 0 saturated carbocycles. The van der Waals surface area contributed by atoms with E-state index in [-0.39, 0.29) is 11.4 Å². The van der Waals surface area contributed by atoms with Crippen LogP contribution in [-0.4, -0.2) is 20.0 Å². The molecular weight excluding hydrogens is 358 g/mol. The van der Waals surface area contributed by atoms with Gasteiger partial charge in [-0.1, -0.05) is 46.3 Å². The van der Waals surface area contributed by atoms with Crippen molar-refractivity contribution in [3.8, 4) is 17.6 Å². The minimum Gasteiger partial charge on any atom is -0.493 e. The zero-order chi connectivity index (χ0) is 16.8. The van der Waals surface area contributed by atoms with Crippen molar-refractivity contribution in [1.29, 1.82) is 5.26 Å². The second kappa shape index (κ2) is 7.61. The lowest BCUT2D eigenvalue weighted by atomic mass is 10.0. The fourth-order valence-corrected chi connectivity index (χ4v) is 2.47. The first-order valence-electron chi connectivity index (χ1n) is 6.73. The van der Waals surface area contributed by atoms with Crippen LogP contribution in [0.5, 0.6) is 11.5 Å². The molecule has 2 aromatic rings. The molecule has 0 aliphatic carbocycles. The molecule has 0 amide bonds. The van der Waals surface area contributed by atoms with Crippen LogP contribution in [0.15, 0.2) is 52.5 Å². The Morgan fingerprint density at radius 1 is 1.13 bits per heavy atom. The van der Waals surface area contributed by atoms with E-state index < -0.39 is 0 Å². The highest BCUT2D eigenvalue weighted by Crippen LogP contribution is 2.34. The number of carbonyl (C=O) groups is 1. The molecule has 0 radical (unpaired) electrons. The van der Waals surface area contributed by atoms with Crippen molar-refractivity contribution >= 4 is 27.8 Å². The third-order valence-corrected chi connectivity index (χ3v) is 3.89. The minimum absolute atomic E-state index is 0.0455. The van der Waals surface area contributed by atoms with Crippen molar-refractivity contribution in [3.05, 3.63) is 63.6 Å². The highest BCUT2D eigenvalue weighted by Gasteiger charge is 2.14. The summed E-state index contributed by atoms with van der Waals surface area (Å²) in [7, 11) is 3.07. The number of rotatable bonds is 5. The molecule has 0 bridgehead atoms. The van der Waals surface area contributed by atoms with Gasteiger partial charge in [0.25, 0.3) is 0 Å². The van der Waals surface area contributed by atoms with Crippen LogP contribution in [-0.2, 0) is 0 Å². The van der Waals surface area contributed by atoms with E-state index in [9.17, 15) is 10.1 Å². The fourth-order valence-electron chi connectivity index (χ4n) is 2.03. The molecule has 0 aliphatic heterocycles. The highest BCUT2D eigenvalue weighted by molar-refractivity contribution is 9.10. The van der Waals surface area contributed by atoms with E-state index in [1.165, 1.54) is 13.2 Å². The summed E-state index contributed by atoms with van der Waals surface area (Å²) in [5.41, 5.74) is 1.17. The summed E-state index contributed by atoms with van der Waals surface area (Å²) in [5.74, 6) is 0.755. The van der Waals surface area contributed by atoms with E-state index in [1.807, 2.05) is 12.1 Å². The maximum absolute atomic E-state index is 12.4. The quantitative estimate of drug-likeness (QED) is 0.447. The molecule has 0 saturated heterocycles. The van der Waals surface area contributed by atoms with Gasteiger partial charge in [0.05, 0.1) is 14.2 Å². The zero-order valence-corrected chi connectivity index (χ0v) is 14.3. The van der Waals surface area contributed by atoms with E-state index >= 15 is 0 Å². The Hall–Kier alpha value is -2.58. The molecule has 0 heterocycles. The molecule has 0 aromatic heterocycles. The summed E-state index contributed by atoms with van der Waals surface area (Å²) < 4.78 is 11.2. The van der Waals surface area contributed by atoms with Gasteiger partial charge in [-0.05, 0) is 23.8 Å². The third-order valence-electron chi connectivity index (χ3n) is 3.20. The van der Waals surface area contributed by atoms with Crippen LogP contribution in [0.1, 0.15) is 15.9 Å². The topological polar surface area (TPSA) is 59.3 Å². The highest BCUT2D eigenvalue weighted by atomic mass is 79.9. The number of ketones is 1. The third kappa shape index (κ3) is 3.79. The summed E-state index contributed by atoms with van der Waals surface area (Å²) in [4.78, 5) is 12.4. The molecule has 2 aromatic carbocycles. The molecule has 5 heteroatoms. The van der Waals surface area contributed by atoms with E-state index in [1.54, 1.807) is 43.5 Å². The van der Waals surface area contributed by atoms with Gasteiger partial charge >= 0.3 is 0 Å². The molecule has 116 valence electrons. The van der Waals surface area contributed by atoms with Crippen molar-refractivity contribution < 1.29 is 14.3 Å². The standard InChI is InChI=1S/C18H14BrNO3/c1-22-16-9-13(15(19)10-17(16)23-2)8-14(11-20)18(21)12-6-4-3-5-7-12/h3-10H,1-2H3/b14-8-. The summed E-state index contributed by atoms with van der Waals surface area (Å²) >= 11 is 3.41. The normalized spacial score (nSPS) is 10.8. The van der Waals surface area contributed by atoms with Crippen molar-refractivity contribution in [2.24, 2.45) is 0 Å². The molecule has 2 rings (SSSR count). The number of hydrogen-bond acceptors (Lipinski definition) is 4. The SMILES string of the molecule is COc1cc(Br)c(/C=C(/C#N)C(=O)c2ccccc2)cc1OC. The molecule has 0 N–H and O–H groups in total. The lowest BCUT2D eigenvalue weighted by Crippen LogP contribution is -2.01. The first kappa shape index (κ1) is 16.8. The number of methoxy groups -OCH3 is 2. The number of hydrogen-bond donors (Lipinski definition) is 0. The Morgan fingerprint density at radius 3 is 2.30 bits per heavy atom. The second-order valence-electron chi connectivity index (χ2n) is 4.59. The molecule has 0 fully saturated rings. The minimum atomic E-state index is -0.324. The largest absolute Gasteiger partial charge is 0.493 e.